The Balaban J connectivity index is 1.93. The first-order chi connectivity index (χ1) is 10.2. The number of ether oxygens (including phenoxy) is 2. The Bertz CT molecular complexity index is 573. The molecule has 2 rings (SSSR count). The normalized spacial score (nSPS) is 10.4. The summed E-state index contributed by atoms with van der Waals surface area (Å²) in [6.45, 7) is 3.87. The number of aryl methyl sites for hydroxylation is 1. The number of nitrogens with one attached hydrogen (secondary N) is 1. The summed E-state index contributed by atoms with van der Waals surface area (Å²) < 4.78 is 12.6. The van der Waals surface area contributed by atoms with Crippen LogP contribution in [0.25, 0.3) is 0 Å². The quantitative estimate of drug-likeness (QED) is 0.768. The van der Waals surface area contributed by atoms with E-state index in [1.54, 1.807) is 0 Å². The van der Waals surface area contributed by atoms with Gasteiger partial charge >= 0.3 is 0 Å². The summed E-state index contributed by atoms with van der Waals surface area (Å²) in [6.07, 6.45) is 0. The molecule has 2 aromatic carbocycles. The second kappa shape index (κ2) is 8.05. The minimum atomic E-state index is 0.522. The maximum atomic E-state index is 5.91. The molecule has 0 aliphatic heterocycles. The Morgan fingerprint density at radius 1 is 1.05 bits per heavy atom. The van der Waals surface area contributed by atoms with Crippen molar-refractivity contribution in [1.82, 2.24) is 5.32 Å². The van der Waals surface area contributed by atoms with Crippen molar-refractivity contribution in [3.63, 3.8) is 0 Å². The summed E-state index contributed by atoms with van der Waals surface area (Å²) >= 11 is 3.52. The Morgan fingerprint density at radius 3 is 2.48 bits per heavy atom. The second-order valence-electron chi connectivity index (χ2n) is 4.75. The van der Waals surface area contributed by atoms with Crippen molar-refractivity contribution in [2.24, 2.45) is 0 Å². The van der Waals surface area contributed by atoms with Gasteiger partial charge in [-0.3, -0.25) is 0 Å². The summed E-state index contributed by atoms with van der Waals surface area (Å²) in [5.41, 5.74) is 2.26. The topological polar surface area (TPSA) is 30.5 Å². The van der Waals surface area contributed by atoms with Gasteiger partial charge in [-0.25, -0.2) is 0 Å². The zero-order valence-electron chi connectivity index (χ0n) is 12.4. The molecule has 0 aliphatic rings. The molecule has 4 heteroatoms. The molecule has 0 spiro atoms. The number of halogens is 1. The minimum absolute atomic E-state index is 0.522. The van der Waals surface area contributed by atoms with Crippen molar-refractivity contribution >= 4 is 15.9 Å². The van der Waals surface area contributed by atoms with Crippen LogP contribution >= 0.6 is 15.9 Å². The van der Waals surface area contributed by atoms with E-state index in [4.69, 9.17) is 9.47 Å². The number of rotatable bonds is 7. The lowest BCUT2D eigenvalue weighted by Gasteiger charge is -2.15. The molecule has 0 radical (unpaired) electrons. The summed E-state index contributed by atoms with van der Waals surface area (Å²) in [6, 6.07) is 13.9. The largest absolute Gasteiger partial charge is 0.490 e. The molecule has 0 saturated heterocycles. The van der Waals surface area contributed by atoms with Crippen molar-refractivity contribution in [3.8, 4) is 11.5 Å². The van der Waals surface area contributed by atoms with Gasteiger partial charge < -0.3 is 14.8 Å². The lowest BCUT2D eigenvalue weighted by molar-refractivity contribution is 0.215. The van der Waals surface area contributed by atoms with Crippen LogP contribution in [0.4, 0.5) is 0 Å². The smallest absolute Gasteiger partial charge is 0.126 e. The van der Waals surface area contributed by atoms with Crippen LogP contribution in [0.2, 0.25) is 0 Å². The monoisotopic (exact) mass is 349 g/mol. The standard InChI is InChI=1S/C17H20BrNO2/c1-13-10-15(18)11-14(12-19-2)17(13)21-9-8-20-16-6-4-3-5-7-16/h3-7,10-11,19H,8-9,12H2,1-2H3. The van der Waals surface area contributed by atoms with Crippen LogP contribution in [-0.2, 0) is 6.54 Å². The molecule has 0 fully saturated rings. The van der Waals surface area contributed by atoms with E-state index >= 15 is 0 Å². The molecule has 0 bridgehead atoms. The third-order valence-electron chi connectivity index (χ3n) is 3.03. The van der Waals surface area contributed by atoms with E-state index < -0.39 is 0 Å². The molecule has 3 nitrogen and oxygen atoms in total. The van der Waals surface area contributed by atoms with Gasteiger partial charge in [0.1, 0.15) is 24.7 Å². The molecule has 2 aromatic rings. The Morgan fingerprint density at radius 2 is 1.76 bits per heavy atom. The van der Waals surface area contributed by atoms with Gasteiger partial charge in [0.25, 0.3) is 0 Å². The van der Waals surface area contributed by atoms with Gasteiger partial charge in [-0.2, -0.15) is 0 Å². The molecule has 0 heterocycles. The van der Waals surface area contributed by atoms with E-state index in [0.717, 1.165) is 33.6 Å². The van der Waals surface area contributed by atoms with Gasteiger partial charge in [0.05, 0.1) is 0 Å². The van der Waals surface area contributed by atoms with Crippen LogP contribution in [0.5, 0.6) is 11.5 Å². The van der Waals surface area contributed by atoms with Gasteiger partial charge in [-0.1, -0.05) is 34.1 Å². The fourth-order valence-corrected chi connectivity index (χ4v) is 2.77. The highest BCUT2D eigenvalue weighted by Gasteiger charge is 2.08. The molecule has 0 unspecified atom stereocenters. The molecular formula is C17H20BrNO2. The zero-order chi connectivity index (χ0) is 15.1. The van der Waals surface area contributed by atoms with E-state index in [0.29, 0.717) is 13.2 Å². The average molecular weight is 350 g/mol. The van der Waals surface area contributed by atoms with Crippen molar-refractivity contribution in [2.75, 3.05) is 20.3 Å². The lowest BCUT2D eigenvalue weighted by Crippen LogP contribution is -2.13. The highest BCUT2D eigenvalue weighted by molar-refractivity contribution is 9.10. The van der Waals surface area contributed by atoms with Gasteiger partial charge in [0.15, 0.2) is 0 Å². The highest BCUT2D eigenvalue weighted by Crippen LogP contribution is 2.28. The third-order valence-corrected chi connectivity index (χ3v) is 3.48. The summed E-state index contributed by atoms with van der Waals surface area (Å²) in [5, 5.41) is 3.16. The summed E-state index contributed by atoms with van der Waals surface area (Å²) in [7, 11) is 1.93. The van der Waals surface area contributed by atoms with Crippen LogP contribution in [0, 0.1) is 6.92 Å². The van der Waals surface area contributed by atoms with Crippen molar-refractivity contribution in [2.45, 2.75) is 13.5 Å². The Hall–Kier alpha value is -1.52. The van der Waals surface area contributed by atoms with Crippen LogP contribution in [-0.4, -0.2) is 20.3 Å². The van der Waals surface area contributed by atoms with Gasteiger partial charge in [0.2, 0.25) is 0 Å². The zero-order valence-corrected chi connectivity index (χ0v) is 13.9. The molecule has 21 heavy (non-hydrogen) atoms. The maximum Gasteiger partial charge on any atom is 0.126 e. The molecule has 0 amide bonds. The third kappa shape index (κ3) is 4.76. The van der Waals surface area contributed by atoms with Crippen LogP contribution < -0.4 is 14.8 Å². The number of benzene rings is 2. The molecule has 112 valence electrons. The lowest BCUT2D eigenvalue weighted by atomic mass is 10.1. The molecule has 0 saturated carbocycles. The molecule has 0 aliphatic carbocycles. The van der Waals surface area contributed by atoms with Gasteiger partial charge in [0, 0.05) is 16.6 Å². The van der Waals surface area contributed by atoms with Crippen molar-refractivity contribution in [3.05, 3.63) is 58.1 Å². The minimum Gasteiger partial charge on any atom is -0.490 e. The maximum absolute atomic E-state index is 5.91. The van der Waals surface area contributed by atoms with Crippen molar-refractivity contribution < 1.29 is 9.47 Å². The second-order valence-corrected chi connectivity index (χ2v) is 5.67. The molecule has 0 atom stereocenters. The van der Waals surface area contributed by atoms with Crippen LogP contribution in [0.15, 0.2) is 46.9 Å². The van der Waals surface area contributed by atoms with Crippen LogP contribution in [0.3, 0.4) is 0 Å². The average Bonchev–Trinajstić information content (AvgIpc) is 2.47. The van der Waals surface area contributed by atoms with E-state index in [2.05, 4.69) is 40.3 Å². The highest BCUT2D eigenvalue weighted by atomic mass is 79.9. The number of hydrogen-bond donors (Lipinski definition) is 1. The van der Waals surface area contributed by atoms with E-state index in [-0.39, 0.29) is 0 Å². The first kappa shape index (κ1) is 15.9. The first-order valence-electron chi connectivity index (χ1n) is 6.95. The van der Waals surface area contributed by atoms with E-state index in [9.17, 15) is 0 Å². The number of hydrogen-bond acceptors (Lipinski definition) is 3. The molecule has 0 aromatic heterocycles. The molecular weight excluding hydrogens is 330 g/mol. The predicted molar refractivity (Wildman–Crippen MR) is 89.1 cm³/mol. The van der Waals surface area contributed by atoms with E-state index in [1.807, 2.05) is 37.4 Å². The predicted octanol–water partition coefficient (Wildman–Crippen LogP) is 3.93. The fraction of sp³-hybridized carbons (Fsp3) is 0.294. The first-order valence-corrected chi connectivity index (χ1v) is 7.74. The fourth-order valence-electron chi connectivity index (χ4n) is 2.15. The SMILES string of the molecule is CNCc1cc(Br)cc(C)c1OCCOc1ccccc1. The van der Waals surface area contributed by atoms with Gasteiger partial charge in [-0.05, 0) is 43.8 Å². The Kier molecular flexibility index (Phi) is 6.08. The van der Waals surface area contributed by atoms with Crippen molar-refractivity contribution in [1.29, 1.82) is 0 Å². The summed E-state index contributed by atoms with van der Waals surface area (Å²) in [5.74, 6) is 1.80. The van der Waals surface area contributed by atoms with Gasteiger partial charge in [-0.15, -0.1) is 0 Å². The summed E-state index contributed by atoms with van der Waals surface area (Å²) in [4.78, 5) is 0. The molecule has 1 N–H and O–H groups in total. The Labute approximate surface area is 134 Å². The number of para-hydroxylation sites is 1. The van der Waals surface area contributed by atoms with Crippen LogP contribution in [0.1, 0.15) is 11.1 Å². The van der Waals surface area contributed by atoms with E-state index in [1.165, 1.54) is 0 Å².